The van der Waals surface area contributed by atoms with Gasteiger partial charge in [0, 0.05) is 49.8 Å². The molecule has 11 nitrogen and oxygen atoms in total. The van der Waals surface area contributed by atoms with E-state index < -0.39 is 11.7 Å². The average Bonchev–Trinajstić information content (AvgIpc) is 3.70. The SMILES string of the molecule is COc1cnc(-n2cnc(C)n2)c2[nH]cc(C(=O)C(=O)N3CC4CN(C(=O)C5=CCCCC5)CC4C3)c12. The number of aryl methyl sites for hydroxylation is 1. The number of methoxy groups -OCH3 is 1. The molecule has 3 aromatic heterocycles. The first-order valence-corrected chi connectivity index (χ1v) is 12.7. The first kappa shape index (κ1) is 23.4. The maximum atomic E-state index is 13.4. The smallest absolute Gasteiger partial charge is 0.295 e. The Morgan fingerprint density at radius 3 is 2.46 bits per heavy atom. The zero-order chi connectivity index (χ0) is 25.7. The van der Waals surface area contributed by atoms with Gasteiger partial charge in [0.25, 0.3) is 11.7 Å². The van der Waals surface area contributed by atoms with Crippen molar-refractivity contribution in [1.82, 2.24) is 34.5 Å². The van der Waals surface area contributed by atoms with E-state index in [1.807, 2.05) is 4.90 Å². The van der Waals surface area contributed by atoms with Crippen LogP contribution >= 0.6 is 0 Å². The molecule has 2 atom stereocenters. The highest BCUT2D eigenvalue weighted by Crippen LogP contribution is 2.35. The number of fused-ring (bicyclic) bond motifs is 2. The van der Waals surface area contributed by atoms with Crippen LogP contribution in [0.5, 0.6) is 5.75 Å². The average molecular weight is 504 g/mol. The molecule has 0 aromatic carbocycles. The number of rotatable bonds is 5. The number of ether oxygens (including phenoxy) is 1. The molecule has 0 saturated carbocycles. The molecular formula is C26H29N7O4. The molecule has 192 valence electrons. The molecule has 37 heavy (non-hydrogen) atoms. The lowest BCUT2D eigenvalue weighted by Crippen LogP contribution is -2.39. The molecule has 2 fully saturated rings. The largest absolute Gasteiger partial charge is 0.494 e. The Labute approximate surface area is 213 Å². The number of allylic oxidation sites excluding steroid dienone is 1. The van der Waals surface area contributed by atoms with E-state index in [1.165, 1.54) is 24.2 Å². The fourth-order valence-electron chi connectivity index (χ4n) is 5.88. The number of nitrogens with one attached hydrogen (secondary N) is 1. The minimum absolute atomic E-state index is 0.140. The van der Waals surface area contributed by atoms with Crippen LogP contribution in [0.3, 0.4) is 0 Å². The Bertz CT molecular complexity index is 1420. The number of aromatic amines is 1. The zero-order valence-corrected chi connectivity index (χ0v) is 20.9. The molecule has 2 amide bonds. The molecule has 1 aliphatic carbocycles. The number of likely N-dealkylation sites (tertiary alicyclic amines) is 2. The van der Waals surface area contributed by atoms with Crippen molar-refractivity contribution in [1.29, 1.82) is 0 Å². The lowest BCUT2D eigenvalue weighted by Gasteiger charge is -2.23. The fraction of sp³-hybridized carbons (Fsp3) is 0.462. The maximum absolute atomic E-state index is 13.4. The standard InChI is InChI=1S/C26H29N7O4/c1-15-29-14-33(30-15)24-22-21(20(37-2)9-28-24)19(8-27-22)23(34)26(36)32-12-17-10-31(11-18(17)13-32)25(35)16-6-4-3-5-7-16/h6,8-9,14,17-18,27H,3-5,7,10-13H2,1-2H3. The van der Waals surface area contributed by atoms with Crippen LogP contribution in [0.2, 0.25) is 0 Å². The van der Waals surface area contributed by atoms with Crippen molar-refractivity contribution in [2.75, 3.05) is 33.3 Å². The Hall–Kier alpha value is -4.02. The van der Waals surface area contributed by atoms with E-state index in [1.54, 1.807) is 18.2 Å². The first-order valence-electron chi connectivity index (χ1n) is 12.7. The summed E-state index contributed by atoms with van der Waals surface area (Å²) in [5.41, 5.74) is 1.69. The Balaban J connectivity index is 1.20. The normalized spacial score (nSPS) is 21.3. The predicted molar refractivity (Wildman–Crippen MR) is 133 cm³/mol. The molecule has 3 aliphatic rings. The molecule has 1 N–H and O–H groups in total. The summed E-state index contributed by atoms with van der Waals surface area (Å²) in [6.07, 6.45) is 10.7. The number of amides is 2. The summed E-state index contributed by atoms with van der Waals surface area (Å²) in [4.78, 5) is 54.9. The van der Waals surface area contributed by atoms with Gasteiger partial charge in [0.15, 0.2) is 5.82 Å². The number of carbonyl (C=O) groups is 3. The number of aromatic nitrogens is 5. The minimum Gasteiger partial charge on any atom is -0.494 e. The van der Waals surface area contributed by atoms with Crippen LogP contribution < -0.4 is 4.74 Å². The van der Waals surface area contributed by atoms with Crippen molar-refractivity contribution in [2.24, 2.45) is 11.8 Å². The number of pyridine rings is 1. The lowest BCUT2D eigenvalue weighted by atomic mass is 9.99. The highest BCUT2D eigenvalue weighted by molar-refractivity contribution is 6.45. The van der Waals surface area contributed by atoms with Crippen molar-refractivity contribution < 1.29 is 19.1 Å². The van der Waals surface area contributed by atoms with Crippen LogP contribution in [-0.4, -0.2) is 85.4 Å². The topological polar surface area (TPSA) is 126 Å². The van der Waals surface area contributed by atoms with Gasteiger partial charge in [-0.15, -0.1) is 0 Å². The van der Waals surface area contributed by atoms with Gasteiger partial charge in [0.05, 0.1) is 29.8 Å². The Morgan fingerprint density at radius 1 is 1.05 bits per heavy atom. The fourth-order valence-corrected chi connectivity index (χ4v) is 5.88. The van der Waals surface area contributed by atoms with Crippen molar-refractivity contribution >= 4 is 28.5 Å². The summed E-state index contributed by atoms with van der Waals surface area (Å²) in [7, 11) is 1.50. The van der Waals surface area contributed by atoms with Crippen LogP contribution in [0.15, 0.2) is 30.4 Å². The van der Waals surface area contributed by atoms with E-state index >= 15 is 0 Å². The van der Waals surface area contributed by atoms with E-state index in [-0.39, 0.29) is 23.3 Å². The molecule has 0 spiro atoms. The summed E-state index contributed by atoms with van der Waals surface area (Å²) in [6, 6.07) is 0. The molecule has 11 heteroatoms. The molecule has 6 rings (SSSR count). The van der Waals surface area contributed by atoms with Gasteiger partial charge >= 0.3 is 0 Å². The maximum Gasteiger partial charge on any atom is 0.295 e. The van der Waals surface area contributed by atoms with E-state index in [0.29, 0.717) is 54.5 Å². The molecule has 0 radical (unpaired) electrons. The predicted octanol–water partition coefficient (Wildman–Crippen LogP) is 2.06. The minimum atomic E-state index is -0.600. The van der Waals surface area contributed by atoms with Crippen LogP contribution in [0.1, 0.15) is 41.9 Å². The van der Waals surface area contributed by atoms with Crippen molar-refractivity contribution in [3.63, 3.8) is 0 Å². The van der Waals surface area contributed by atoms with E-state index in [9.17, 15) is 14.4 Å². The molecule has 0 bridgehead atoms. The highest BCUT2D eigenvalue weighted by atomic mass is 16.5. The monoisotopic (exact) mass is 503 g/mol. The van der Waals surface area contributed by atoms with E-state index in [0.717, 1.165) is 31.3 Å². The van der Waals surface area contributed by atoms with Crippen LogP contribution in [0, 0.1) is 18.8 Å². The van der Waals surface area contributed by atoms with Crippen LogP contribution in [-0.2, 0) is 9.59 Å². The number of Topliss-reactive ketones (excluding diaryl/α,β-unsaturated/α-hetero) is 1. The third-order valence-corrected chi connectivity index (χ3v) is 7.76. The molecule has 2 unspecified atom stereocenters. The first-order chi connectivity index (χ1) is 17.9. The lowest BCUT2D eigenvalue weighted by molar-refractivity contribution is -0.127. The second kappa shape index (κ2) is 9.13. The Kier molecular flexibility index (Phi) is 5.77. The summed E-state index contributed by atoms with van der Waals surface area (Å²) >= 11 is 0. The van der Waals surface area contributed by atoms with Gasteiger partial charge < -0.3 is 19.5 Å². The number of carbonyl (C=O) groups excluding carboxylic acids is 3. The number of ketones is 1. The quantitative estimate of drug-likeness (QED) is 0.417. The second-order valence-electron chi connectivity index (χ2n) is 10.1. The number of nitrogens with zero attached hydrogens (tertiary/aromatic N) is 6. The highest BCUT2D eigenvalue weighted by Gasteiger charge is 2.44. The van der Waals surface area contributed by atoms with Crippen molar-refractivity contribution in [3.8, 4) is 11.6 Å². The van der Waals surface area contributed by atoms with Gasteiger partial charge in [-0.25, -0.2) is 14.6 Å². The van der Waals surface area contributed by atoms with Crippen LogP contribution in [0.25, 0.3) is 16.7 Å². The number of H-pyrrole nitrogens is 1. The van der Waals surface area contributed by atoms with Gasteiger partial charge in [-0.1, -0.05) is 6.08 Å². The molecule has 2 aliphatic heterocycles. The van der Waals surface area contributed by atoms with Gasteiger partial charge in [0.2, 0.25) is 5.91 Å². The Morgan fingerprint density at radius 2 is 1.81 bits per heavy atom. The van der Waals surface area contributed by atoms with E-state index in [4.69, 9.17) is 4.74 Å². The van der Waals surface area contributed by atoms with Crippen molar-refractivity contribution in [2.45, 2.75) is 32.6 Å². The summed E-state index contributed by atoms with van der Waals surface area (Å²) < 4.78 is 6.99. The van der Waals surface area contributed by atoms with E-state index in [2.05, 4.69) is 26.1 Å². The van der Waals surface area contributed by atoms with Gasteiger partial charge in [-0.05, 0) is 32.6 Å². The summed E-state index contributed by atoms with van der Waals surface area (Å²) in [5.74, 6) is 0.799. The third kappa shape index (κ3) is 3.98. The van der Waals surface area contributed by atoms with Crippen LogP contribution in [0.4, 0.5) is 0 Å². The zero-order valence-electron chi connectivity index (χ0n) is 20.9. The molecule has 2 saturated heterocycles. The summed E-state index contributed by atoms with van der Waals surface area (Å²) in [5, 5.41) is 4.79. The molecule has 5 heterocycles. The van der Waals surface area contributed by atoms with Gasteiger partial charge in [-0.3, -0.25) is 14.4 Å². The molecular weight excluding hydrogens is 474 g/mol. The number of hydrogen-bond donors (Lipinski definition) is 1. The summed E-state index contributed by atoms with van der Waals surface area (Å²) in [6.45, 7) is 3.98. The van der Waals surface area contributed by atoms with Gasteiger partial charge in [-0.2, -0.15) is 5.10 Å². The van der Waals surface area contributed by atoms with Crippen molar-refractivity contribution in [3.05, 3.63) is 41.8 Å². The molecule has 3 aromatic rings. The number of hydrogen-bond acceptors (Lipinski definition) is 7. The second-order valence-corrected chi connectivity index (χ2v) is 10.1. The third-order valence-electron chi connectivity index (χ3n) is 7.76. The van der Waals surface area contributed by atoms with Gasteiger partial charge in [0.1, 0.15) is 17.9 Å².